The molecule has 1 heterocycles. The number of rotatable bonds is 3. The molecule has 5 nitrogen and oxygen atoms in total. The molecular weight excluding hydrogens is 269 g/mol. The lowest BCUT2D eigenvalue weighted by molar-refractivity contribution is -0.129. The van der Waals surface area contributed by atoms with E-state index < -0.39 is 5.82 Å². The van der Waals surface area contributed by atoms with Crippen molar-refractivity contribution in [2.75, 3.05) is 21.2 Å². The van der Waals surface area contributed by atoms with Gasteiger partial charge in [-0.3, -0.25) is 4.79 Å². The number of hydrogen-bond acceptors (Lipinski definition) is 3. The van der Waals surface area contributed by atoms with Crippen molar-refractivity contribution in [3.63, 3.8) is 0 Å². The van der Waals surface area contributed by atoms with Crippen LogP contribution in [0, 0.1) is 10.6 Å². The fraction of sp³-hybridized carbons (Fsp3) is 0.333. The molecule has 1 aromatic heterocycles. The van der Waals surface area contributed by atoms with Gasteiger partial charge >= 0.3 is 0 Å². The van der Waals surface area contributed by atoms with Crippen molar-refractivity contribution in [2.45, 2.75) is 6.54 Å². The number of nitrogens with one attached hydrogen (secondary N) is 1. The number of nitrogens with zero attached hydrogens (tertiary/aromatic N) is 2. The maximum Gasteiger partial charge on any atom is 0.242 e. The Morgan fingerprint density at radius 3 is 2.79 bits per heavy atom. The van der Waals surface area contributed by atoms with E-state index in [0.29, 0.717) is 15.8 Å². The largest absolute Gasteiger partial charge is 0.494 e. The predicted molar refractivity (Wildman–Crippen MR) is 72.3 cm³/mol. The minimum Gasteiger partial charge on any atom is -0.494 e. The zero-order chi connectivity index (χ0) is 14.2. The van der Waals surface area contributed by atoms with Gasteiger partial charge in [0.2, 0.25) is 5.91 Å². The van der Waals surface area contributed by atoms with Gasteiger partial charge in [0.1, 0.15) is 6.54 Å². The number of aromatic nitrogens is 2. The van der Waals surface area contributed by atoms with Gasteiger partial charge in [-0.2, -0.15) is 0 Å². The minimum absolute atomic E-state index is 0.0970. The fourth-order valence-corrected chi connectivity index (χ4v) is 2.02. The highest BCUT2D eigenvalue weighted by molar-refractivity contribution is 7.71. The van der Waals surface area contributed by atoms with E-state index in [4.69, 9.17) is 17.0 Å². The number of aromatic amines is 1. The first-order valence-electron chi connectivity index (χ1n) is 5.60. The van der Waals surface area contributed by atoms with Crippen molar-refractivity contribution in [2.24, 2.45) is 0 Å². The summed E-state index contributed by atoms with van der Waals surface area (Å²) in [6.45, 7) is 0.0978. The molecule has 0 bridgehead atoms. The molecule has 0 atom stereocenters. The van der Waals surface area contributed by atoms with E-state index >= 15 is 0 Å². The van der Waals surface area contributed by atoms with Gasteiger partial charge in [0.15, 0.2) is 16.3 Å². The monoisotopic (exact) mass is 283 g/mol. The Labute approximate surface area is 114 Å². The van der Waals surface area contributed by atoms with E-state index in [1.165, 1.54) is 24.1 Å². The van der Waals surface area contributed by atoms with Crippen molar-refractivity contribution in [1.29, 1.82) is 0 Å². The van der Waals surface area contributed by atoms with Crippen molar-refractivity contribution >= 4 is 29.2 Å². The van der Waals surface area contributed by atoms with E-state index in [1.807, 2.05) is 0 Å². The Bertz CT molecular complexity index is 690. The summed E-state index contributed by atoms with van der Waals surface area (Å²) < 4.78 is 20.5. The van der Waals surface area contributed by atoms with Crippen molar-refractivity contribution in [1.82, 2.24) is 14.5 Å². The molecule has 2 aromatic rings. The van der Waals surface area contributed by atoms with Crippen LogP contribution in [0.1, 0.15) is 0 Å². The quantitative estimate of drug-likeness (QED) is 0.876. The Morgan fingerprint density at radius 2 is 2.21 bits per heavy atom. The van der Waals surface area contributed by atoms with Crippen LogP contribution in [0.5, 0.6) is 5.75 Å². The van der Waals surface area contributed by atoms with Crippen LogP contribution in [0.2, 0.25) is 0 Å². The average molecular weight is 283 g/mol. The smallest absolute Gasteiger partial charge is 0.242 e. The summed E-state index contributed by atoms with van der Waals surface area (Å²) in [6, 6.07) is 2.83. The number of hydrogen-bond donors (Lipinski definition) is 1. The molecule has 1 amide bonds. The Kier molecular flexibility index (Phi) is 3.57. The lowest BCUT2D eigenvalue weighted by Crippen LogP contribution is -2.26. The zero-order valence-electron chi connectivity index (χ0n) is 10.9. The second-order valence-corrected chi connectivity index (χ2v) is 4.70. The number of methoxy groups -OCH3 is 1. The Morgan fingerprint density at radius 1 is 1.53 bits per heavy atom. The van der Waals surface area contributed by atoms with Gasteiger partial charge in [-0.25, -0.2) is 4.39 Å². The van der Waals surface area contributed by atoms with Crippen molar-refractivity contribution < 1.29 is 13.9 Å². The number of H-pyrrole nitrogens is 1. The number of amides is 1. The topological polar surface area (TPSA) is 50.3 Å². The van der Waals surface area contributed by atoms with Crippen LogP contribution in [-0.4, -0.2) is 41.6 Å². The first-order valence-corrected chi connectivity index (χ1v) is 6.01. The van der Waals surface area contributed by atoms with Crippen LogP contribution in [0.15, 0.2) is 12.1 Å². The fourth-order valence-electron chi connectivity index (χ4n) is 1.75. The van der Waals surface area contributed by atoms with Gasteiger partial charge in [0.25, 0.3) is 0 Å². The van der Waals surface area contributed by atoms with Crippen LogP contribution < -0.4 is 4.74 Å². The highest BCUT2D eigenvalue weighted by Crippen LogP contribution is 2.24. The summed E-state index contributed by atoms with van der Waals surface area (Å²) in [5.41, 5.74) is 1.17. The first kappa shape index (κ1) is 13.5. The molecule has 0 radical (unpaired) electrons. The number of ether oxygens (including phenoxy) is 1. The molecule has 1 aromatic carbocycles. The highest BCUT2D eigenvalue weighted by Gasteiger charge is 2.13. The predicted octanol–water partition coefficient (Wildman–Crippen LogP) is 1.93. The molecular formula is C12H14FN3O2S. The molecule has 0 saturated heterocycles. The van der Waals surface area contributed by atoms with Crippen LogP contribution >= 0.6 is 12.2 Å². The molecule has 0 fully saturated rings. The minimum atomic E-state index is -0.475. The number of fused-ring (bicyclic) bond motifs is 1. The first-order chi connectivity index (χ1) is 8.93. The van der Waals surface area contributed by atoms with Crippen LogP contribution in [0.25, 0.3) is 11.0 Å². The second-order valence-electron chi connectivity index (χ2n) is 4.31. The maximum atomic E-state index is 13.6. The second kappa shape index (κ2) is 5.00. The normalized spacial score (nSPS) is 10.7. The molecule has 0 saturated carbocycles. The SMILES string of the molecule is COc1cc2c(cc1F)[nH]c(=S)n2CC(=O)N(C)C. The molecule has 19 heavy (non-hydrogen) atoms. The van der Waals surface area contributed by atoms with Gasteiger partial charge in [-0.15, -0.1) is 0 Å². The molecule has 1 N–H and O–H groups in total. The summed E-state index contributed by atoms with van der Waals surface area (Å²) in [4.78, 5) is 16.1. The lowest BCUT2D eigenvalue weighted by atomic mass is 10.3. The third-order valence-electron chi connectivity index (χ3n) is 2.84. The average Bonchev–Trinajstić information content (AvgIpc) is 2.64. The molecule has 0 unspecified atom stereocenters. The molecule has 2 rings (SSSR count). The summed E-state index contributed by atoms with van der Waals surface area (Å²) in [6.07, 6.45) is 0. The van der Waals surface area contributed by atoms with Crippen molar-refractivity contribution in [3.8, 4) is 5.75 Å². The third kappa shape index (κ3) is 2.46. The van der Waals surface area contributed by atoms with E-state index in [-0.39, 0.29) is 18.2 Å². The standard InChI is InChI=1S/C12H14FN3O2S/c1-15(2)11(17)6-16-9-5-10(18-3)7(13)4-8(9)14-12(16)19/h4-5H,6H2,1-3H3,(H,14,19). The summed E-state index contributed by atoms with van der Waals surface area (Å²) >= 11 is 5.15. The van der Waals surface area contributed by atoms with E-state index in [2.05, 4.69) is 4.98 Å². The summed E-state index contributed by atoms with van der Waals surface area (Å²) in [7, 11) is 4.73. The van der Waals surface area contributed by atoms with Gasteiger partial charge in [-0.05, 0) is 12.2 Å². The summed E-state index contributed by atoms with van der Waals surface area (Å²) in [5, 5.41) is 0. The maximum absolute atomic E-state index is 13.6. The third-order valence-corrected chi connectivity index (χ3v) is 3.16. The van der Waals surface area contributed by atoms with Crippen LogP contribution in [0.3, 0.4) is 0 Å². The molecule has 102 valence electrons. The molecule has 7 heteroatoms. The molecule has 0 spiro atoms. The number of benzene rings is 1. The van der Waals surface area contributed by atoms with E-state index in [1.54, 1.807) is 18.7 Å². The number of imidazole rings is 1. The van der Waals surface area contributed by atoms with Gasteiger partial charge in [-0.1, -0.05) is 0 Å². The van der Waals surface area contributed by atoms with E-state index in [9.17, 15) is 9.18 Å². The molecule has 0 aliphatic carbocycles. The van der Waals surface area contributed by atoms with Gasteiger partial charge in [0, 0.05) is 26.2 Å². The molecule has 0 aliphatic rings. The van der Waals surface area contributed by atoms with Crippen LogP contribution in [0.4, 0.5) is 4.39 Å². The summed E-state index contributed by atoms with van der Waals surface area (Å²) in [5.74, 6) is -0.454. The van der Waals surface area contributed by atoms with Crippen molar-refractivity contribution in [3.05, 3.63) is 22.7 Å². The molecule has 0 aliphatic heterocycles. The van der Waals surface area contributed by atoms with Crippen LogP contribution in [-0.2, 0) is 11.3 Å². The van der Waals surface area contributed by atoms with E-state index in [0.717, 1.165) is 0 Å². The number of carbonyl (C=O) groups excluding carboxylic acids is 1. The number of likely N-dealkylation sites (N-methyl/N-ethyl adjacent to an activating group) is 1. The number of carbonyl (C=O) groups is 1. The Hall–Kier alpha value is -1.89. The lowest BCUT2D eigenvalue weighted by Gasteiger charge is -2.11. The highest BCUT2D eigenvalue weighted by atomic mass is 32.1. The number of halogens is 1. The van der Waals surface area contributed by atoms with Gasteiger partial charge in [0.05, 0.1) is 18.1 Å². The van der Waals surface area contributed by atoms with Gasteiger partial charge < -0.3 is 19.2 Å². The Balaban J connectivity index is 2.57. The zero-order valence-corrected chi connectivity index (χ0v) is 11.7.